The monoisotopic (exact) mass is 384 g/mol. The van der Waals surface area contributed by atoms with Crippen molar-refractivity contribution in [3.63, 3.8) is 0 Å². The first-order valence-corrected chi connectivity index (χ1v) is 13.3. The van der Waals surface area contributed by atoms with Crippen molar-refractivity contribution < 1.29 is 19.4 Å². The van der Waals surface area contributed by atoms with Gasteiger partial charge in [0.15, 0.2) is 0 Å². The molecule has 0 aromatic heterocycles. The molecule has 4 nitrogen and oxygen atoms in total. The smallest absolute Gasteiger partial charge is 0.333 e. The lowest BCUT2D eigenvalue weighted by Crippen LogP contribution is -2.33. The second-order valence-corrected chi connectivity index (χ2v) is 12.6. The van der Waals surface area contributed by atoms with Crippen LogP contribution in [0.4, 0.5) is 0 Å². The average molecular weight is 385 g/mol. The van der Waals surface area contributed by atoms with Crippen molar-refractivity contribution in [2.24, 2.45) is 0 Å². The molecule has 0 heterocycles. The first-order valence-electron chi connectivity index (χ1n) is 10.5. The molecule has 0 saturated heterocycles. The van der Waals surface area contributed by atoms with Gasteiger partial charge in [-0.25, -0.2) is 9.59 Å². The van der Waals surface area contributed by atoms with E-state index in [0.717, 1.165) is 18.9 Å². The van der Waals surface area contributed by atoms with Crippen LogP contribution in [0.3, 0.4) is 0 Å². The molecule has 0 spiro atoms. The SMILES string of the molecule is CCCC[Si](CCCC)(CCCC)CCCCOC(=O)C(C)=CC(=O)O. The lowest BCUT2D eigenvalue weighted by molar-refractivity contribution is -0.140. The van der Waals surface area contributed by atoms with Gasteiger partial charge in [-0.15, -0.1) is 0 Å². The van der Waals surface area contributed by atoms with Crippen LogP contribution in [0, 0.1) is 0 Å². The fourth-order valence-corrected chi connectivity index (χ4v) is 9.34. The molecule has 26 heavy (non-hydrogen) atoms. The van der Waals surface area contributed by atoms with E-state index in [1.54, 1.807) is 0 Å². The Morgan fingerprint density at radius 3 is 1.73 bits per heavy atom. The number of carboxylic acid groups (broad SMARTS) is 1. The first kappa shape index (κ1) is 24.9. The molecule has 0 aliphatic carbocycles. The Hall–Kier alpha value is -1.10. The van der Waals surface area contributed by atoms with Crippen LogP contribution in [0.25, 0.3) is 0 Å². The lowest BCUT2D eigenvalue weighted by atomic mass is 10.3. The largest absolute Gasteiger partial charge is 0.478 e. The second kappa shape index (κ2) is 15.0. The van der Waals surface area contributed by atoms with Gasteiger partial charge in [-0.3, -0.25) is 0 Å². The summed E-state index contributed by atoms with van der Waals surface area (Å²) >= 11 is 0. The van der Waals surface area contributed by atoms with Crippen LogP contribution in [0.15, 0.2) is 11.6 Å². The van der Waals surface area contributed by atoms with Gasteiger partial charge in [-0.1, -0.05) is 89.9 Å². The number of carbonyl (C=O) groups excluding carboxylic acids is 1. The molecular weight excluding hydrogens is 344 g/mol. The fraction of sp³-hybridized carbons (Fsp3) is 0.810. The van der Waals surface area contributed by atoms with E-state index in [4.69, 9.17) is 9.84 Å². The number of carbonyl (C=O) groups is 2. The zero-order chi connectivity index (χ0) is 19.8. The topological polar surface area (TPSA) is 63.6 Å². The molecule has 0 aliphatic heterocycles. The summed E-state index contributed by atoms with van der Waals surface area (Å²) in [7, 11) is -1.21. The van der Waals surface area contributed by atoms with Crippen molar-refractivity contribution in [2.45, 2.75) is 103 Å². The van der Waals surface area contributed by atoms with E-state index in [1.807, 2.05) is 0 Å². The zero-order valence-electron chi connectivity index (χ0n) is 17.4. The highest BCUT2D eigenvalue weighted by Gasteiger charge is 2.30. The summed E-state index contributed by atoms with van der Waals surface area (Å²) in [5.74, 6) is -1.63. The average Bonchev–Trinajstić information content (AvgIpc) is 2.61. The highest BCUT2D eigenvalue weighted by atomic mass is 28.3. The van der Waals surface area contributed by atoms with Gasteiger partial charge in [-0.05, 0) is 13.3 Å². The maximum absolute atomic E-state index is 11.7. The van der Waals surface area contributed by atoms with E-state index in [1.165, 1.54) is 69.6 Å². The molecular formula is C21H40O4Si. The summed E-state index contributed by atoms with van der Waals surface area (Å²) in [6, 6.07) is 5.69. The van der Waals surface area contributed by atoms with Crippen molar-refractivity contribution in [2.75, 3.05) is 6.61 Å². The third-order valence-electron chi connectivity index (χ3n) is 5.18. The van der Waals surface area contributed by atoms with Crippen LogP contribution in [0.5, 0.6) is 0 Å². The molecule has 152 valence electrons. The van der Waals surface area contributed by atoms with Gasteiger partial charge in [0.05, 0.1) is 14.7 Å². The quantitative estimate of drug-likeness (QED) is 0.149. The van der Waals surface area contributed by atoms with Crippen LogP contribution in [0.1, 0.15) is 79.1 Å². The summed E-state index contributed by atoms with van der Waals surface area (Å²) in [6.45, 7) is 8.72. The minimum atomic E-state index is -1.21. The molecule has 0 unspecified atom stereocenters. The lowest BCUT2D eigenvalue weighted by Gasteiger charge is -2.32. The number of hydrogen-bond acceptors (Lipinski definition) is 3. The standard InChI is InChI=1S/C21H40O4Si/c1-5-8-14-26(15-9-6-2,16-10-7-3)17-12-11-13-25-21(24)19(4)18-20(22)23/h18H,5-17H2,1-4H3,(H,22,23). The summed E-state index contributed by atoms with van der Waals surface area (Å²) in [5, 5.41) is 8.66. The maximum Gasteiger partial charge on any atom is 0.333 e. The van der Waals surface area contributed by atoms with Crippen molar-refractivity contribution in [1.82, 2.24) is 0 Å². The Balaban J connectivity index is 4.48. The van der Waals surface area contributed by atoms with E-state index in [0.29, 0.717) is 6.61 Å². The summed E-state index contributed by atoms with van der Waals surface area (Å²) in [4.78, 5) is 22.3. The molecule has 0 bridgehead atoms. The van der Waals surface area contributed by atoms with Crippen LogP contribution in [-0.2, 0) is 14.3 Å². The molecule has 0 aliphatic rings. The number of carboxylic acids is 1. The molecule has 0 aromatic rings. The number of rotatable bonds is 16. The fourth-order valence-electron chi connectivity index (χ4n) is 3.53. The number of aliphatic carboxylic acids is 1. The molecule has 0 amide bonds. The van der Waals surface area contributed by atoms with Crippen molar-refractivity contribution in [3.8, 4) is 0 Å². The normalized spacial score (nSPS) is 12.2. The van der Waals surface area contributed by atoms with E-state index >= 15 is 0 Å². The van der Waals surface area contributed by atoms with Gasteiger partial charge in [0.2, 0.25) is 0 Å². The molecule has 0 saturated carbocycles. The minimum absolute atomic E-state index is 0.148. The number of hydrogen-bond donors (Lipinski definition) is 1. The zero-order valence-corrected chi connectivity index (χ0v) is 18.4. The number of ether oxygens (including phenoxy) is 1. The van der Waals surface area contributed by atoms with E-state index in [2.05, 4.69) is 20.8 Å². The van der Waals surface area contributed by atoms with Gasteiger partial charge >= 0.3 is 11.9 Å². The summed E-state index contributed by atoms with van der Waals surface area (Å²) < 4.78 is 5.21. The van der Waals surface area contributed by atoms with Crippen molar-refractivity contribution in [3.05, 3.63) is 11.6 Å². The first-order chi connectivity index (χ1) is 12.4. The molecule has 0 fully saturated rings. The highest BCUT2D eigenvalue weighted by molar-refractivity contribution is 6.79. The Morgan fingerprint density at radius 1 is 0.846 bits per heavy atom. The minimum Gasteiger partial charge on any atom is -0.478 e. The van der Waals surface area contributed by atoms with Gasteiger partial charge in [0.25, 0.3) is 0 Å². The van der Waals surface area contributed by atoms with E-state index < -0.39 is 20.0 Å². The second-order valence-electron chi connectivity index (χ2n) is 7.57. The molecule has 5 heteroatoms. The van der Waals surface area contributed by atoms with Crippen LogP contribution >= 0.6 is 0 Å². The Kier molecular flexibility index (Phi) is 14.4. The van der Waals surface area contributed by atoms with E-state index in [-0.39, 0.29) is 5.57 Å². The number of unbranched alkanes of at least 4 members (excludes halogenated alkanes) is 4. The highest BCUT2D eigenvalue weighted by Crippen LogP contribution is 2.33. The van der Waals surface area contributed by atoms with Gasteiger partial charge in [0, 0.05) is 11.6 Å². The van der Waals surface area contributed by atoms with Gasteiger partial charge < -0.3 is 9.84 Å². The van der Waals surface area contributed by atoms with Crippen LogP contribution in [0.2, 0.25) is 24.2 Å². The molecule has 0 rings (SSSR count). The Morgan fingerprint density at radius 2 is 1.31 bits per heavy atom. The summed E-state index contributed by atoms with van der Waals surface area (Å²) in [6.07, 6.45) is 10.8. The van der Waals surface area contributed by atoms with Gasteiger partial charge in [0.1, 0.15) is 0 Å². The van der Waals surface area contributed by atoms with Crippen LogP contribution < -0.4 is 0 Å². The summed E-state index contributed by atoms with van der Waals surface area (Å²) in [5.41, 5.74) is 0.148. The molecule has 1 N–H and O–H groups in total. The molecule has 0 atom stereocenters. The Bertz CT molecular complexity index is 410. The molecule has 0 aromatic carbocycles. The van der Waals surface area contributed by atoms with Crippen molar-refractivity contribution >= 4 is 20.0 Å². The maximum atomic E-state index is 11.7. The van der Waals surface area contributed by atoms with E-state index in [9.17, 15) is 9.59 Å². The van der Waals surface area contributed by atoms with Gasteiger partial charge in [-0.2, -0.15) is 0 Å². The molecule has 0 radical (unpaired) electrons. The van der Waals surface area contributed by atoms with Crippen LogP contribution in [-0.4, -0.2) is 31.7 Å². The predicted molar refractivity (Wildman–Crippen MR) is 111 cm³/mol. The third kappa shape index (κ3) is 11.5. The van der Waals surface area contributed by atoms with Crippen molar-refractivity contribution in [1.29, 1.82) is 0 Å². The predicted octanol–water partition coefficient (Wildman–Crippen LogP) is 6.19. The Labute approximate surface area is 161 Å². The third-order valence-corrected chi connectivity index (χ3v) is 10.8. The number of esters is 1.